The van der Waals surface area contributed by atoms with Gasteiger partial charge in [0, 0.05) is 23.3 Å². The average molecular weight is 458 g/mol. The number of nitrogens with two attached hydrogens (primary N) is 1. The lowest BCUT2D eigenvalue weighted by Gasteiger charge is -2.71. The van der Waals surface area contributed by atoms with Gasteiger partial charge in [0.25, 0.3) is 0 Å². The van der Waals surface area contributed by atoms with Crippen LogP contribution in [0.4, 0.5) is 0 Å². The molecule has 0 saturated heterocycles. The maximum absolute atomic E-state index is 12.9. The van der Waals surface area contributed by atoms with E-state index < -0.39 is 0 Å². The van der Waals surface area contributed by atoms with Gasteiger partial charge in [0.05, 0.1) is 0 Å². The Bertz CT molecular complexity index is 852. The van der Waals surface area contributed by atoms with E-state index >= 15 is 0 Å². The van der Waals surface area contributed by atoms with E-state index in [-0.39, 0.29) is 39.3 Å². The molecule has 0 amide bonds. The minimum Gasteiger partial charge on any atom is -0.462 e. The quantitative estimate of drug-likeness (QED) is 0.512. The van der Waals surface area contributed by atoms with Crippen LogP contribution in [0.2, 0.25) is 0 Å². The zero-order valence-corrected chi connectivity index (χ0v) is 22.0. The van der Waals surface area contributed by atoms with Gasteiger partial charge in [-0.3, -0.25) is 9.59 Å². The van der Waals surface area contributed by atoms with E-state index in [1.807, 2.05) is 6.92 Å². The molecule has 5 rings (SSSR count). The molecule has 5 aliphatic carbocycles. The minimum atomic E-state index is -0.181. The van der Waals surface area contributed by atoms with Crippen molar-refractivity contribution in [1.29, 1.82) is 0 Å². The molecular formula is C29H47NO3. The number of ether oxygens (including phenoxy) is 1. The molecular weight excluding hydrogens is 410 g/mol. The molecule has 0 aromatic carbocycles. The summed E-state index contributed by atoms with van der Waals surface area (Å²) in [6.45, 7) is 13.2. The third-order valence-corrected chi connectivity index (χ3v) is 12.7. The molecule has 0 aromatic heterocycles. The molecule has 0 aliphatic heterocycles. The van der Waals surface area contributed by atoms with E-state index in [0.29, 0.717) is 29.5 Å². The van der Waals surface area contributed by atoms with E-state index in [1.54, 1.807) is 6.92 Å². The van der Waals surface area contributed by atoms with E-state index in [0.717, 1.165) is 44.9 Å². The average Bonchev–Trinajstić information content (AvgIpc) is 3.16. The van der Waals surface area contributed by atoms with Gasteiger partial charge in [-0.05, 0) is 106 Å². The van der Waals surface area contributed by atoms with Crippen LogP contribution < -0.4 is 5.73 Å². The summed E-state index contributed by atoms with van der Waals surface area (Å²) in [6.07, 6.45) is 12.4. The molecule has 0 bridgehead atoms. The van der Waals surface area contributed by atoms with Crippen molar-refractivity contribution >= 4 is 11.8 Å². The Morgan fingerprint density at radius 2 is 1.33 bits per heavy atom. The van der Waals surface area contributed by atoms with Gasteiger partial charge in [0.15, 0.2) is 0 Å². The minimum absolute atomic E-state index is 0.000941. The summed E-state index contributed by atoms with van der Waals surface area (Å²) in [4.78, 5) is 24.7. The monoisotopic (exact) mass is 457 g/mol. The molecule has 0 heterocycles. The Kier molecular flexibility index (Phi) is 5.27. The summed E-state index contributed by atoms with van der Waals surface area (Å²) >= 11 is 0. The Labute approximate surface area is 201 Å². The first-order valence-corrected chi connectivity index (χ1v) is 13.8. The predicted molar refractivity (Wildman–Crippen MR) is 130 cm³/mol. The number of fused-ring (bicyclic) bond motifs is 7. The van der Waals surface area contributed by atoms with E-state index in [9.17, 15) is 9.59 Å². The highest BCUT2D eigenvalue weighted by Gasteiger charge is 2.70. The zero-order valence-electron chi connectivity index (χ0n) is 22.0. The Balaban J connectivity index is 1.48. The van der Waals surface area contributed by atoms with Crippen molar-refractivity contribution in [3.63, 3.8) is 0 Å². The third kappa shape index (κ3) is 2.97. The van der Waals surface area contributed by atoms with Crippen LogP contribution in [0, 0.1) is 45.3 Å². The number of hydrogen-bond acceptors (Lipinski definition) is 4. The van der Waals surface area contributed by atoms with Crippen LogP contribution in [-0.2, 0) is 14.3 Å². The van der Waals surface area contributed by atoms with Gasteiger partial charge in [0.2, 0.25) is 0 Å². The van der Waals surface area contributed by atoms with E-state index in [2.05, 4.69) is 27.7 Å². The lowest BCUT2D eigenvalue weighted by atomic mass is 9.35. The molecule has 2 N–H and O–H groups in total. The Morgan fingerprint density at radius 3 is 2.00 bits per heavy atom. The third-order valence-electron chi connectivity index (χ3n) is 12.7. The lowest BCUT2D eigenvalue weighted by Crippen LogP contribution is -2.71. The van der Waals surface area contributed by atoms with Crippen molar-refractivity contribution in [3.05, 3.63) is 0 Å². The Morgan fingerprint density at radius 1 is 0.727 bits per heavy atom. The molecule has 5 fully saturated rings. The van der Waals surface area contributed by atoms with Crippen molar-refractivity contribution in [2.45, 2.75) is 124 Å². The number of esters is 1. The van der Waals surface area contributed by atoms with Crippen LogP contribution in [0.3, 0.4) is 0 Å². The van der Waals surface area contributed by atoms with Gasteiger partial charge in [-0.1, -0.05) is 34.1 Å². The maximum atomic E-state index is 12.9. The summed E-state index contributed by atoms with van der Waals surface area (Å²) in [7, 11) is 0. The van der Waals surface area contributed by atoms with Crippen molar-refractivity contribution in [2.75, 3.05) is 0 Å². The molecule has 4 heteroatoms. The van der Waals surface area contributed by atoms with E-state index in [4.69, 9.17) is 10.5 Å². The molecule has 33 heavy (non-hydrogen) atoms. The molecule has 186 valence electrons. The number of rotatable bonds is 2. The topological polar surface area (TPSA) is 69.4 Å². The van der Waals surface area contributed by atoms with E-state index in [1.165, 1.54) is 25.7 Å². The van der Waals surface area contributed by atoms with Crippen LogP contribution in [0.1, 0.15) is 112 Å². The molecule has 9 unspecified atom stereocenters. The second kappa shape index (κ2) is 7.31. The first-order chi connectivity index (χ1) is 15.3. The summed E-state index contributed by atoms with van der Waals surface area (Å²) in [5.41, 5.74) is 7.68. The van der Waals surface area contributed by atoms with Crippen molar-refractivity contribution in [1.82, 2.24) is 0 Å². The Hall–Kier alpha value is -0.900. The van der Waals surface area contributed by atoms with Crippen molar-refractivity contribution in [3.8, 4) is 0 Å². The fourth-order valence-corrected chi connectivity index (χ4v) is 11.4. The number of hydrogen-bond donors (Lipinski definition) is 1. The standard InChI is InChI=1S/C29H47NO3/c1-18(31)28-13-7-8-23(28)29(30)17-11-21-26(5)15-12-24(33-19(2)32)25(3,4)20(26)9-14-27(21,6)22(29)10-16-28/h20-24H,7-17,30H2,1-6H3. The fraction of sp³-hybridized carbons (Fsp3) is 0.931. The number of Topliss-reactive ketones (excluding diaryl/α,β-unsaturated/α-hetero) is 1. The predicted octanol–water partition coefficient (Wildman–Crippen LogP) is 6.05. The molecule has 0 radical (unpaired) electrons. The van der Waals surface area contributed by atoms with Gasteiger partial charge in [-0.15, -0.1) is 0 Å². The second-order valence-electron chi connectivity index (χ2n) is 14.0. The zero-order chi connectivity index (χ0) is 24.0. The summed E-state index contributed by atoms with van der Waals surface area (Å²) in [5, 5.41) is 0. The summed E-state index contributed by atoms with van der Waals surface area (Å²) in [6, 6.07) is 0. The molecule has 4 nitrogen and oxygen atoms in total. The highest BCUT2D eigenvalue weighted by atomic mass is 16.5. The second-order valence-corrected chi connectivity index (χ2v) is 14.0. The fourth-order valence-electron chi connectivity index (χ4n) is 11.4. The highest BCUT2D eigenvalue weighted by Crippen LogP contribution is 2.73. The lowest BCUT2D eigenvalue weighted by molar-refractivity contribution is -0.224. The SMILES string of the molecule is CC(=O)OC1CCC2(C)C(CCC3(C)C2CCC2(N)C4CCCC4(C(C)=O)CCC32)C1(C)C. The first kappa shape index (κ1) is 23.8. The smallest absolute Gasteiger partial charge is 0.302 e. The molecule has 5 saturated carbocycles. The maximum Gasteiger partial charge on any atom is 0.302 e. The highest BCUT2D eigenvalue weighted by molar-refractivity contribution is 5.83. The molecule has 5 aliphatic rings. The normalized spacial score (nSPS) is 52.6. The van der Waals surface area contributed by atoms with Gasteiger partial charge in [0.1, 0.15) is 11.9 Å². The van der Waals surface area contributed by atoms with Crippen LogP contribution in [0.5, 0.6) is 0 Å². The number of carbonyl (C=O) groups excluding carboxylic acids is 2. The van der Waals surface area contributed by atoms with Crippen LogP contribution >= 0.6 is 0 Å². The van der Waals surface area contributed by atoms with Gasteiger partial charge in [-0.2, -0.15) is 0 Å². The van der Waals surface area contributed by atoms with Gasteiger partial charge < -0.3 is 10.5 Å². The van der Waals surface area contributed by atoms with Gasteiger partial charge >= 0.3 is 5.97 Å². The van der Waals surface area contributed by atoms with Gasteiger partial charge in [-0.25, -0.2) is 0 Å². The summed E-state index contributed by atoms with van der Waals surface area (Å²) in [5.74, 6) is 2.39. The largest absolute Gasteiger partial charge is 0.462 e. The molecule has 9 atom stereocenters. The van der Waals surface area contributed by atoms with Crippen molar-refractivity contribution in [2.24, 2.45) is 51.1 Å². The van der Waals surface area contributed by atoms with Crippen LogP contribution in [0.25, 0.3) is 0 Å². The van der Waals surface area contributed by atoms with Crippen molar-refractivity contribution < 1.29 is 14.3 Å². The molecule has 0 aromatic rings. The first-order valence-electron chi connectivity index (χ1n) is 13.8. The number of carbonyl (C=O) groups is 2. The van der Waals surface area contributed by atoms with Crippen LogP contribution in [0.15, 0.2) is 0 Å². The van der Waals surface area contributed by atoms with Crippen LogP contribution in [-0.4, -0.2) is 23.4 Å². The summed E-state index contributed by atoms with van der Waals surface area (Å²) < 4.78 is 5.85. The molecule has 0 spiro atoms. The number of ketones is 1.